The third-order valence-corrected chi connectivity index (χ3v) is 2.43. The molecule has 1 heterocycles. The Balaban J connectivity index is 2.36. The Labute approximate surface area is 85.6 Å². The van der Waals surface area contributed by atoms with Gasteiger partial charge in [-0.2, -0.15) is 0 Å². The summed E-state index contributed by atoms with van der Waals surface area (Å²) < 4.78 is 24.2. The zero-order chi connectivity index (χ0) is 10.6. The van der Waals surface area contributed by atoms with Gasteiger partial charge in [0.05, 0.1) is 0 Å². The minimum absolute atomic E-state index is 0.202. The predicted molar refractivity (Wildman–Crippen MR) is 51.4 cm³/mol. The lowest BCUT2D eigenvalue weighted by molar-refractivity contribution is 0.150. The molecule has 0 aliphatic heterocycles. The van der Waals surface area contributed by atoms with E-state index in [1.807, 2.05) is 0 Å². The number of hydrogen-bond donors (Lipinski definition) is 1. The first-order chi connectivity index (χ1) is 6.59. The van der Waals surface area contributed by atoms with Crippen molar-refractivity contribution in [1.82, 2.24) is 15.5 Å². The van der Waals surface area contributed by atoms with Crippen LogP contribution in [0.15, 0.2) is 0 Å². The Hall–Kier alpha value is -0.620. The van der Waals surface area contributed by atoms with Crippen LogP contribution in [0.5, 0.6) is 0 Å². The van der Waals surface area contributed by atoms with E-state index in [0.29, 0.717) is 17.5 Å². The third kappa shape index (κ3) is 3.63. The molecule has 0 saturated heterocycles. The molecular weight excluding hydrogens is 208 g/mol. The average Bonchev–Trinajstić information content (AvgIpc) is 2.52. The Bertz CT molecular complexity index is 275. The van der Waals surface area contributed by atoms with Crippen molar-refractivity contribution in [3.63, 3.8) is 0 Å². The zero-order valence-electron chi connectivity index (χ0n) is 8.13. The second kappa shape index (κ2) is 5.31. The van der Waals surface area contributed by atoms with Crippen LogP contribution in [0.25, 0.3) is 0 Å². The van der Waals surface area contributed by atoms with Crippen LogP contribution in [-0.4, -0.2) is 16.7 Å². The highest BCUT2D eigenvalue weighted by molar-refractivity contribution is 7.11. The molecule has 80 valence electrons. The number of halogens is 2. The number of alkyl halides is 2. The molecule has 0 radical (unpaired) electrons. The van der Waals surface area contributed by atoms with E-state index in [4.69, 9.17) is 0 Å². The lowest BCUT2D eigenvalue weighted by Gasteiger charge is -2.03. The van der Waals surface area contributed by atoms with Crippen molar-refractivity contribution in [1.29, 1.82) is 0 Å². The fraction of sp³-hybridized carbons (Fsp3) is 0.750. The summed E-state index contributed by atoms with van der Waals surface area (Å²) in [4.78, 5) is 0. The van der Waals surface area contributed by atoms with Crippen LogP contribution in [-0.2, 0) is 6.54 Å². The van der Waals surface area contributed by atoms with Crippen LogP contribution in [0.3, 0.4) is 0 Å². The molecule has 14 heavy (non-hydrogen) atoms. The summed E-state index contributed by atoms with van der Waals surface area (Å²) in [5.74, 6) is 0.539. The molecule has 0 atom stereocenters. The largest absolute Gasteiger partial charge is 0.310 e. The first kappa shape index (κ1) is 11.5. The molecule has 0 aliphatic rings. The molecule has 1 aromatic rings. The standard InChI is InChI=1S/C8H13F2N3S/c1-5(2)3-11-4-6-12-13-8(14-6)7(9)10/h5,7,11H,3-4H2,1-2H3. The van der Waals surface area contributed by atoms with Crippen molar-refractivity contribution in [2.45, 2.75) is 26.8 Å². The van der Waals surface area contributed by atoms with Crippen LogP contribution in [0.4, 0.5) is 8.78 Å². The van der Waals surface area contributed by atoms with Crippen molar-refractivity contribution < 1.29 is 8.78 Å². The third-order valence-electron chi connectivity index (χ3n) is 1.50. The fourth-order valence-corrected chi connectivity index (χ4v) is 1.56. The lowest BCUT2D eigenvalue weighted by Crippen LogP contribution is -2.18. The highest BCUT2D eigenvalue weighted by Crippen LogP contribution is 2.21. The van der Waals surface area contributed by atoms with Crippen molar-refractivity contribution in [3.8, 4) is 0 Å². The maximum absolute atomic E-state index is 12.1. The molecule has 1 aromatic heterocycles. The summed E-state index contributed by atoms with van der Waals surface area (Å²) in [5.41, 5.74) is 0. The monoisotopic (exact) mass is 221 g/mol. The van der Waals surface area contributed by atoms with Crippen LogP contribution in [0.1, 0.15) is 30.3 Å². The van der Waals surface area contributed by atoms with Gasteiger partial charge in [-0.1, -0.05) is 25.2 Å². The summed E-state index contributed by atoms with van der Waals surface area (Å²) in [5, 5.41) is 10.6. The van der Waals surface area contributed by atoms with Gasteiger partial charge >= 0.3 is 0 Å². The molecule has 0 spiro atoms. The second-order valence-corrected chi connectivity index (χ2v) is 4.45. The predicted octanol–water partition coefficient (Wildman–Crippen LogP) is 2.22. The van der Waals surface area contributed by atoms with E-state index >= 15 is 0 Å². The van der Waals surface area contributed by atoms with Crippen LogP contribution in [0.2, 0.25) is 0 Å². The van der Waals surface area contributed by atoms with Gasteiger partial charge in [0.15, 0.2) is 5.01 Å². The van der Waals surface area contributed by atoms with Gasteiger partial charge in [-0.05, 0) is 12.5 Å². The molecule has 6 heteroatoms. The molecular formula is C8H13F2N3S. The molecule has 0 unspecified atom stereocenters. The molecule has 0 bridgehead atoms. The van der Waals surface area contributed by atoms with Crippen LogP contribution in [0, 0.1) is 5.92 Å². The van der Waals surface area contributed by atoms with Crippen molar-refractivity contribution in [2.24, 2.45) is 5.92 Å². The van der Waals surface area contributed by atoms with Gasteiger partial charge in [-0.3, -0.25) is 0 Å². The minimum Gasteiger partial charge on any atom is -0.310 e. The topological polar surface area (TPSA) is 37.8 Å². The molecule has 0 saturated carbocycles. The van der Waals surface area contributed by atoms with Gasteiger partial charge in [-0.25, -0.2) is 8.78 Å². The van der Waals surface area contributed by atoms with Crippen LogP contribution < -0.4 is 5.32 Å². The SMILES string of the molecule is CC(C)CNCc1nnc(C(F)F)s1. The highest BCUT2D eigenvalue weighted by Gasteiger charge is 2.13. The Morgan fingerprint density at radius 2 is 2.07 bits per heavy atom. The number of aromatic nitrogens is 2. The smallest absolute Gasteiger partial charge is 0.291 e. The van der Waals surface area contributed by atoms with Gasteiger partial charge in [0.2, 0.25) is 0 Å². The molecule has 1 N–H and O–H groups in total. The van der Waals surface area contributed by atoms with Gasteiger partial charge in [0, 0.05) is 6.54 Å². The van der Waals surface area contributed by atoms with E-state index in [0.717, 1.165) is 17.9 Å². The lowest BCUT2D eigenvalue weighted by atomic mass is 10.2. The van der Waals surface area contributed by atoms with Crippen molar-refractivity contribution >= 4 is 11.3 Å². The number of rotatable bonds is 5. The summed E-state index contributed by atoms with van der Waals surface area (Å²) in [6, 6.07) is 0. The van der Waals surface area contributed by atoms with E-state index in [1.165, 1.54) is 0 Å². The molecule has 0 amide bonds. The van der Waals surface area contributed by atoms with E-state index < -0.39 is 6.43 Å². The van der Waals surface area contributed by atoms with Gasteiger partial charge in [-0.15, -0.1) is 10.2 Å². The molecule has 0 aliphatic carbocycles. The number of nitrogens with zero attached hydrogens (tertiary/aromatic N) is 2. The average molecular weight is 221 g/mol. The molecule has 0 aromatic carbocycles. The van der Waals surface area contributed by atoms with E-state index in [-0.39, 0.29) is 5.01 Å². The Kier molecular flexibility index (Phi) is 4.34. The second-order valence-electron chi connectivity index (χ2n) is 3.36. The fourth-order valence-electron chi connectivity index (χ4n) is 0.894. The molecule has 3 nitrogen and oxygen atoms in total. The summed E-state index contributed by atoms with van der Waals surface area (Å²) in [6.45, 7) is 5.53. The normalized spacial score (nSPS) is 11.6. The molecule has 0 fully saturated rings. The number of hydrogen-bond acceptors (Lipinski definition) is 4. The van der Waals surface area contributed by atoms with E-state index in [9.17, 15) is 8.78 Å². The first-order valence-electron chi connectivity index (χ1n) is 4.40. The minimum atomic E-state index is -2.51. The zero-order valence-corrected chi connectivity index (χ0v) is 8.94. The first-order valence-corrected chi connectivity index (χ1v) is 5.22. The highest BCUT2D eigenvalue weighted by atomic mass is 32.1. The summed E-state index contributed by atoms with van der Waals surface area (Å²) >= 11 is 0.958. The number of nitrogens with one attached hydrogen (secondary N) is 1. The summed E-state index contributed by atoms with van der Waals surface area (Å²) in [7, 11) is 0. The van der Waals surface area contributed by atoms with Gasteiger partial charge in [0.25, 0.3) is 6.43 Å². The van der Waals surface area contributed by atoms with Crippen molar-refractivity contribution in [2.75, 3.05) is 6.54 Å². The van der Waals surface area contributed by atoms with E-state index in [2.05, 4.69) is 29.4 Å². The Morgan fingerprint density at radius 3 is 2.57 bits per heavy atom. The van der Waals surface area contributed by atoms with Crippen LogP contribution >= 0.6 is 11.3 Å². The maximum atomic E-state index is 12.1. The summed E-state index contributed by atoms with van der Waals surface area (Å²) in [6.07, 6.45) is -2.51. The van der Waals surface area contributed by atoms with Crippen molar-refractivity contribution in [3.05, 3.63) is 10.0 Å². The quantitative estimate of drug-likeness (QED) is 0.828. The maximum Gasteiger partial charge on any atom is 0.291 e. The van der Waals surface area contributed by atoms with E-state index in [1.54, 1.807) is 0 Å². The van der Waals surface area contributed by atoms with Gasteiger partial charge in [0.1, 0.15) is 5.01 Å². The van der Waals surface area contributed by atoms with Gasteiger partial charge < -0.3 is 5.32 Å². The molecule has 1 rings (SSSR count). The Morgan fingerprint density at radius 1 is 1.36 bits per heavy atom.